The van der Waals surface area contributed by atoms with E-state index in [4.69, 9.17) is 0 Å². The van der Waals surface area contributed by atoms with E-state index in [1.54, 1.807) is 16.8 Å². The minimum atomic E-state index is -0.499. The van der Waals surface area contributed by atoms with E-state index in [9.17, 15) is 9.18 Å². The summed E-state index contributed by atoms with van der Waals surface area (Å²) in [7, 11) is 0. The number of carbonyl (C=O) groups is 1. The van der Waals surface area contributed by atoms with Crippen molar-refractivity contribution in [2.45, 2.75) is 37.2 Å². The van der Waals surface area contributed by atoms with Crippen LogP contribution >= 0.6 is 11.8 Å². The van der Waals surface area contributed by atoms with Crippen LogP contribution in [0.2, 0.25) is 0 Å². The van der Waals surface area contributed by atoms with Crippen molar-refractivity contribution in [1.29, 1.82) is 0 Å². The maximum Gasteiger partial charge on any atom is 0.240 e. The number of benzene rings is 2. The lowest BCUT2D eigenvalue weighted by molar-refractivity contribution is -0.116. The van der Waals surface area contributed by atoms with Crippen molar-refractivity contribution in [2.24, 2.45) is 0 Å². The Labute approximate surface area is 166 Å². The van der Waals surface area contributed by atoms with Gasteiger partial charge in [-0.2, -0.15) is 0 Å². The predicted octanol–water partition coefficient (Wildman–Crippen LogP) is 3.74. The molecule has 1 aliphatic heterocycles. The Kier molecular flexibility index (Phi) is 4.80. The van der Waals surface area contributed by atoms with E-state index >= 15 is 0 Å². The Hall–Kier alpha value is -2.87. The van der Waals surface area contributed by atoms with Crippen LogP contribution in [-0.2, 0) is 4.79 Å². The number of aryl methyl sites for hydroxylation is 3. The highest BCUT2D eigenvalue weighted by molar-refractivity contribution is 8.00. The van der Waals surface area contributed by atoms with Gasteiger partial charge >= 0.3 is 0 Å². The summed E-state index contributed by atoms with van der Waals surface area (Å²) in [5.74, 6) is 0.236. The van der Waals surface area contributed by atoms with Crippen LogP contribution in [0.4, 0.5) is 10.1 Å². The highest BCUT2D eigenvalue weighted by Gasteiger charge is 2.37. The smallest absolute Gasteiger partial charge is 0.240 e. The largest absolute Gasteiger partial charge is 0.325 e. The average molecular weight is 397 g/mol. The molecule has 6 nitrogen and oxygen atoms in total. The zero-order chi connectivity index (χ0) is 19.8. The van der Waals surface area contributed by atoms with Crippen LogP contribution in [0.3, 0.4) is 0 Å². The van der Waals surface area contributed by atoms with Crippen LogP contribution in [0.15, 0.2) is 47.6 Å². The van der Waals surface area contributed by atoms with Gasteiger partial charge in [0.1, 0.15) is 16.9 Å². The fourth-order valence-corrected chi connectivity index (χ4v) is 4.28. The number of nitrogens with zero attached hydrogens (tertiary/aromatic N) is 3. The molecule has 2 heterocycles. The molecule has 0 aliphatic carbocycles. The summed E-state index contributed by atoms with van der Waals surface area (Å²) >= 11 is 1.34. The molecule has 0 saturated heterocycles. The summed E-state index contributed by atoms with van der Waals surface area (Å²) in [6.45, 7) is 5.78. The van der Waals surface area contributed by atoms with Gasteiger partial charge in [0.25, 0.3) is 0 Å². The number of halogens is 1. The number of amides is 1. The van der Waals surface area contributed by atoms with Gasteiger partial charge < -0.3 is 10.7 Å². The first-order chi connectivity index (χ1) is 13.4. The quantitative estimate of drug-likeness (QED) is 0.704. The molecule has 0 spiro atoms. The molecule has 2 N–H and O–H groups in total. The van der Waals surface area contributed by atoms with Crippen molar-refractivity contribution in [3.8, 4) is 0 Å². The van der Waals surface area contributed by atoms with Crippen molar-refractivity contribution < 1.29 is 9.18 Å². The van der Waals surface area contributed by atoms with Gasteiger partial charge in [0.05, 0.1) is 6.04 Å². The third-order valence-electron chi connectivity index (χ3n) is 4.74. The van der Waals surface area contributed by atoms with Crippen LogP contribution in [0.5, 0.6) is 0 Å². The first-order valence-corrected chi connectivity index (χ1v) is 9.79. The first-order valence-electron chi connectivity index (χ1n) is 8.91. The molecule has 1 aliphatic rings. The summed E-state index contributed by atoms with van der Waals surface area (Å²) < 4.78 is 15.2. The molecule has 0 unspecified atom stereocenters. The summed E-state index contributed by atoms with van der Waals surface area (Å²) in [5.41, 5.74) is 6.97. The molecule has 4 rings (SSSR count). The Morgan fingerprint density at radius 1 is 1.14 bits per heavy atom. The molecule has 1 amide bonds. The monoisotopic (exact) mass is 397 g/mol. The second-order valence-electron chi connectivity index (χ2n) is 6.87. The lowest BCUT2D eigenvalue weighted by atomic mass is 10.0. The zero-order valence-corrected chi connectivity index (χ0v) is 16.5. The fourth-order valence-electron chi connectivity index (χ4n) is 3.16. The normalized spacial score (nSPS) is 18.3. The molecule has 0 fully saturated rings. The Morgan fingerprint density at radius 3 is 2.64 bits per heavy atom. The Morgan fingerprint density at radius 2 is 1.89 bits per heavy atom. The maximum absolute atomic E-state index is 13.4. The predicted molar refractivity (Wildman–Crippen MR) is 107 cm³/mol. The first kappa shape index (κ1) is 18.5. The minimum Gasteiger partial charge on any atom is -0.325 e. The van der Waals surface area contributed by atoms with E-state index in [0.29, 0.717) is 11.0 Å². The van der Waals surface area contributed by atoms with Gasteiger partial charge in [0.2, 0.25) is 11.1 Å². The number of thioether (sulfide) groups is 1. The lowest BCUT2D eigenvalue weighted by Gasteiger charge is -2.32. The average Bonchev–Trinajstić information content (AvgIpc) is 3.04. The van der Waals surface area contributed by atoms with E-state index in [1.807, 2.05) is 39.0 Å². The number of fused-ring (bicyclic) bond motifs is 1. The number of aromatic nitrogens is 3. The van der Waals surface area contributed by atoms with Crippen LogP contribution in [-0.4, -0.2) is 26.0 Å². The maximum atomic E-state index is 13.4. The Bertz CT molecular complexity index is 1030. The second-order valence-corrected chi connectivity index (χ2v) is 7.98. The van der Waals surface area contributed by atoms with Crippen molar-refractivity contribution in [3.63, 3.8) is 0 Å². The summed E-state index contributed by atoms with van der Waals surface area (Å²) in [6, 6.07) is 11.8. The van der Waals surface area contributed by atoms with Crippen LogP contribution in [0, 0.1) is 26.6 Å². The lowest BCUT2D eigenvalue weighted by Crippen LogP contribution is -2.41. The summed E-state index contributed by atoms with van der Waals surface area (Å²) in [6.07, 6.45) is 0. The minimum absolute atomic E-state index is 0.146. The number of anilines is 1. The van der Waals surface area contributed by atoms with Gasteiger partial charge in [-0.25, -0.2) is 9.07 Å². The molecule has 3 aromatic rings. The number of hydrogen-bond donors (Lipinski definition) is 2. The van der Waals surface area contributed by atoms with Crippen molar-refractivity contribution in [1.82, 2.24) is 14.9 Å². The Balaban J connectivity index is 1.68. The van der Waals surface area contributed by atoms with E-state index in [1.165, 1.54) is 23.9 Å². The van der Waals surface area contributed by atoms with Crippen LogP contribution in [0.25, 0.3) is 0 Å². The molecule has 28 heavy (non-hydrogen) atoms. The molecule has 2 aromatic carbocycles. The van der Waals surface area contributed by atoms with Gasteiger partial charge in [-0.05, 0) is 55.7 Å². The van der Waals surface area contributed by atoms with Gasteiger partial charge in [-0.3, -0.25) is 4.79 Å². The number of nitrogens with one attached hydrogen (secondary N) is 2. The molecular weight excluding hydrogens is 377 g/mol. The zero-order valence-electron chi connectivity index (χ0n) is 15.7. The number of carbonyl (C=O) groups excluding carboxylic acids is 1. The summed E-state index contributed by atoms with van der Waals surface area (Å²) in [4.78, 5) is 13.2. The standard InChI is InChI=1S/C20H20FN5OS/c1-11-4-5-12(2)16(10-11)22-19(27)18-17(14-6-8-15(21)9-7-14)25-26-13(3)23-24-20(26)28-18/h4-10,17-18,25H,1-3H3,(H,22,27)/t17-,18-/m1/s1. The molecule has 2 atom stereocenters. The topological polar surface area (TPSA) is 71.8 Å². The molecule has 144 valence electrons. The number of rotatable bonds is 3. The molecule has 0 bridgehead atoms. The van der Waals surface area contributed by atoms with E-state index in [2.05, 4.69) is 20.9 Å². The molecular formula is C20H20FN5OS. The van der Waals surface area contributed by atoms with Gasteiger partial charge in [-0.15, -0.1) is 10.2 Å². The summed E-state index contributed by atoms with van der Waals surface area (Å²) in [5, 5.41) is 11.4. The van der Waals surface area contributed by atoms with Crippen molar-refractivity contribution in [3.05, 3.63) is 70.8 Å². The highest BCUT2D eigenvalue weighted by Crippen LogP contribution is 2.37. The highest BCUT2D eigenvalue weighted by atomic mass is 32.2. The van der Waals surface area contributed by atoms with E-state index in [0.717, 1.165) is 22.4 Å². The van der Waals surface area contributed by atoms with Crippen LogP contribution in [0.1, 0.15) is 28.6 Å². The van der Waals surface area contributed by atoms with E-state index < -0.39 is 5.25 Å². The molecule has 0 radical (unpaired) electrons. The van der Waals surface area contributed by atoms with Crippen LogP contribution < -0.4 is 10.7 Å². The SMILES string of the molecule is Cc1ccc(C)c(NC(=O)[C@@H]2Sc3nnc(C)n3N[C@@H]2c2ccc(F)cc2)c1. The number of hydrogen-bond acceptors (Lipinski definition) is 5. The van der Waals surface area contributed by atoms with Gasteiger partial charge in [0.15, 0.2) is 0 Å². The second kappa shape index (κ2) is 7.27. The van der Waals surface area contributed by atoms with E-state index in [-0.39, 0.29) is 17.8 Å². The molecule has 8 heteroatoms. The molecule has 0 saturated carbocycles. The van der Waals surface area contributed by atoms with Crippen molar-refractivity contribution in [2.75, 3.05) is 10.7 Å². The van der Waals surface area contributed by atoms with Gasteiger partial charge in [0, 0.05) is 5.69 Å². The third-order valence-corrected chi connectivity index (χ3v) is 5.95. The third kappa shape index (κ3) is 3.47. The van der Waals surface area contributed by atoms with Gasteiger partial charge in [-0.1, -0.05) is 36.0 Å². The molecule has 1 aromatic heterocycles. The van der Waals surface area contributed by atoms with Crippen molar-refractivity contribution >= 4 is 23.4 Å². The fraction of sp³-hybridized carbons (Fsp3) is 0.250.